The molecular formula is C13H19Cl2N3O2. The summed E-state index contributed by atoms with van der Waals surface area (Å²) in [5.74, 6) is -0.312. The van der Waals surface area contributed by atoms with E-state index in [2.05, 4.69) is 10.6 Å². The third-order valence-corrected chi connectivity index (χ3v) is 3.00. The first-order valence-corrected chi connectivity index (χ1v) is 6.44. The molecule has 4 N–H and O–H groups in total. The zero-order valence-corrected chi connectivity index (χ0v) is 12.8. The number of hydrogen-bond acceptors (Lipinski definition) is 3. The molecule has 0 spiro atoms. The molecule has 0 heterocycles. The van der Waals surface area contributed by atoms with Crippen molar-refractivity contribution in [3.05, 3.63) is 28.8 Å². The van der Waals surface area contributed by atoms with Gasteiger partial charge in [-0.1, -0.05) is 17.7 Å². The van der Waals surface area contributed by atoms with Crippen molar-refractivity contribution in [3.8, 4) is 0 Å². The van der Waals surface area contributed by atoms with Crippen LogP contribution in [0.5, 0.6) is 0 Å². The maximum Gasteiger partial charge on any atom is 0.226 e. The maximum atomic E-state index is 11.7. The Morgan fingerprint density at radius 2 is 1.95 bits per heavy atom. The minimum Gasteiger partial charge on any atom is -0.356 e. The SMILES string of the molecule is Cc1c(Cl)cccc1NC(=O)CCNC(=O)CCN.Cl. The highest BCUT2D eigenvalue weighted by Crippen LogP contribution is 2.22. The zero-order chi connectivity index (χ0) is 14.3. The molecule has 112 valence electrons. The second kappa shape index (κ2) is 9.58. The number of carbonyl (C=O) groups is 2. The average Bonchev–Trinajstić information content (AvgIpc) is 2.35. The molecule has 0 aliphatic carbocycles. The molecule has 0 atom stereocenters. The smallest absolute Gasteiger partial charge is 0.226 e. The van der Waals surface area contributed by atoms with Gasteiger partial charge in [-0.15, -0.1) is 12.4 Å². The summed E-state index contributed by atoms with van der Waals surface area (Å²) >= 11 is 5.96. The number of amides is 2. The summed E-state index contributed by atoms with van der Waals surface area (Å²) in [7, 11) is 0. The van der Waals surface area contributed by atoms with Gasteiger partial charge in [-0.3, -0.25) is 9.59 Å². The monoisotopic (exact) mass is 319 g/mol. The van der Waals surface area contributed by atoms with E-state index in [1.807, 2.05) is 6.92 Å². The third kappa shape index (κ3) is 6.23. The Labute approximate surface area is 129 Å². The lowest BCUT2D eigenvalue weighted by Gasteiger charge is -2.09. The highest BCUT2D eigenvalue weighted by atomic mass is 35.5. The molecule has 1 aromatic rings. The zero-order valence-electron chi connectivity index (χ0n) is 11.2. The molecule has 2 amide bonds. The summed E-state index contributed by atoms with van der Waals surface area (Å²) in [5.41, 5.74) is 6.75. The van der Waals surface area contributed by atoms with E-state index >= 15 is 0 Å². The Bertz CT molecular complexity index is 467. The number of anilines is 1. The average molecular weight is 320 g/mol. The van der Waals surface area contributed by atoms with Crippen molar-refractivity contribution in [1.29, 1.82) is 0 Å². The van der Waals surface area contributed by atoms with Crippen LogP contribution in [0.3, 0.4) is 0 Å². The standard InChI is InChI=1S/C13H18ClN3O2.ClH/c1-9-10(14)3-2-4-11(9)17-13(19)6-8-16-12(18)5-7-15;/h2-4H,5-8,15H2,1H3,(H,16,18)(H,17,19);1H. The summed E-state index contributed by atoms with van der Waals surface area (Å²) in [4.78, 5) is 22.8. The molecule has 0 radical (unpaired) electrons. The van der Waals surface area contributed by atoms with E-state index in [0.29, 0.717) is 23.8 Å². The van der Waals surface area contributed by atoms with Crippen LogP contribution in [-0.4, -0.2) is 24.9 Å². The summed E-state index contributed by atoms with van der Waals surface area (Å²) < 4.78 is 0. The fourth-order valence-electron chi connectivity index (χ4n) is 1.49. The van der Waals surface area contributed by atoms with Crippen LogP contribution in [0.15, 0.2) is 18.2 Å². The predicted molar refractivity (Wildman–Crippen MR) is 83.4 cm³/mol. The van der Waals surface area contributed by atoms with Crippen molar-refractivity contribution in [1.82, 2.24) is 5.32 Å². The molecule has 0 aromatic heterocycles. The lowest BCUT2D eigenvalue weighted by molar-refractivity contribution is -0.121. The number of carbonyl (C=O) groups excluding carboxylic acids is 2. The Kier molecular flexibility index (Phi) is 8.96. The Morgan fingerprint density at radius 3 is 2.60 bits per heavy atom. The minimum atomic E-state index is -0.168. The lowest BCUT2D eigenvalue weighted by atomic mass is 10.2. The van der Waals surface area contributed by atoms with E-state index in [1.165, 1.54) is 0 Å². The molecule has 1 rings (SSSR count). The van der Waals surface area contributed by atoms with E-state index in [4.69, 9.17) is 17.3 Å². The molecule has 5 nitrogen and oxygen atoms in total. The van der Waals surface area contributed by atoms with Gasteiger partial charge in [-0.25, -0.2) is 0 Å². The van der Waals surface area contributed by atoms with E-state index in [9.17, 15) is 9.59 Å². The largest absolute Gasteiger partial charge is 0.356 e. The van der Waals surface area contributed by atoms with E-state index < -0.39 is 0 Å². The molecular weight excluding hydrogens is 301 g/mol. The van der Waals surface area contributed by atoms with E-state index in [0.717, 1.165) is 5.56 Å². The van der Waals surface area contributed by atoms with Gasteiger partial charge in [0, 0.05) is 36.6 Å². The molecule has 0 bridgehead atoms. The number of hydrogen-bond donors (Lipinski definition) is 3. The fraction of sp³-hybridized carbons (Fsp3) is 0.385. The lowest BCUT2D eigenvalue weighted by Crippen LogP contribution is -2.29. The van der Waals surface area contributed by atoms with Crippen LogP contribution in [0.25, 0.3) is 0 Å². The fourth-order valence-corrected chi connectivity index (χ4v) is 1.67. The minimum absolute atomic E-state index is 0. The number of rotatable bonds is 6. The van der Waals surface area contributed by atoms with Gasteiger partial charge in [0.05, 0.1) is 0 Å². The molecule has 20 heavy (non-hydrogen) atoms. The maximum absolute atomic E-state index is 11.7. The molecule has 0 saturated carbocycles. The van der Waals surface area contributed by atoms with Crippen LogP contribution in [0, 0.1) is 6.92 Å². The molecule has 0 aliphatic rings. The normalized spacial score (nSPS) is 9.55. The quantitative estimate of drug-likeness (QED) is 0.748. The number of nitrogens with one attached hydrogen (secondary N) is 2. The van der Waals surface area contributed by atoms with Crippen LogP contribution >= 0.6 is 24.0 Å². The summed E-state index contributed by atoms with van der Waals surface area (Å²) in [5, 5.41) is 5.98. The summed E-state index contributed by atoms with van der Waals surface area (Å²) in [6, 6.07) is 5.32. The first-order chi connectivity index (χ1) is 9.04. The highest BCUT2D eigenvalue weighted by molar-refractivity contribution is 6.31. The first kappa shape index (κ1) is 18.7. The summed E-state index contributed by atoms with van der Waals surface area (Å²) in [6.45, 7) is 2.44. The van der Waals surface area contributed by atoms with Gasteiger partial charge in [0.25, 0.3) is 0 Å². The van der Waals surface area contributed by atoms with Crippen molar-refractivity contribution in [3.63, 3.8) is 0 Å². The van der Waals surface area contributed by atoms with Crippen molar-refractivity contribution in [2.75, 3.05) is 18.4 Å². The van der Waals surface area contributed by atoms with E-state index in [-0.39, 0.29) is 37.1 Å². The first-order valence-electron chi connectivity index (χ1n) is 6.06. The molecule has 1 aromatic carbocycles. The molecule has 0 fully saturated rings. The second-order valence-corrected chi connectivity index (χ2v) is 4.51. The van der Waals surface area contributed by atoms with Crippen molar-refractivity contribution in [2.24, 2.45) is 5.73 Å². The summed E-state index contributed by atoms with van der Waals surface area (Å²) in [6.07, 6.45) is 0.483. The van der Waals surface area contributed by atoms with Gasteiger partial charge in [-0.05, 0) is 24.6 Å². The van der Waals surface area contributed by atoms with Gasteiger partial charge in [0.1, 0.15) is 0 Å². The van der Waals surface area contributed by atoms with Crippen LogP contribution in [0.4, 0.5) is 5.69 Å². The van der Waals surface area contributed by atoms with Gasteiger partial charge in [0.2, 0.25) is 11.8 Å². The van der Waals surface area contributed by atoms with Crippen molar-refractivity contribution in [2.45, 2.75) is 19.8 Å². The molecule has 0 unspecified atom stereocenters. The van der Waals surface area contributed by atoms with Crippen LogP contribution in [-0.2, 0) is 9.59 Å². The van der Waals surface area contributed by atoms with Gasteiger partial charge >= 0.3 is 0 Å². The predicted octanol–water partition coefficient (Wildman–Crippen LogP) is 1.86. The topological polar surface area (TPSA) is 84.2 Å². The van der Waals surface area contributed by atoms with Crippen molar-refractivity contribution >= 4 is 41.5 Å². The second-order valence-electron chi connectivity index (χ2n) is 4.10. The molecule has 0 aliphatic heterocycles. The number of benzene rings is 1. The Morgan fingerprint density at radius 1 is 1.25 bits per heavy atom. The van der Waals surface area contributed by atoms with Crippen LogP contribution in [0.2, 0.25) is 5.02 Å². The molecule has 0 saturated heterocycles. The van der Waals surface area contributed by atoms with Gasteiger partial charge in [0.15, 0.2) is 0 Å². The Balaban J connectivity index is 0.00000361. The highest BCUT2D eigenvalue weighted by Gasteiger charge is 2.07. The van der Waals surface area contributed by atoms with Crippen LogP contribution in [0.1, 0.15) is 18.4 Å². The van der Waals surface area contributed by atoms with Crippen molar-refractivity contribution < 1.29 is 9.59 Å². The number of nitrogens with two attached hydrogens (primary N) is 1. The van der Waals surface area contributed by atoms with Gasteiger partial charge < -0.3 is 16.4 Å². The van der Waals surface area contributed by atoms with Crippen LogP contribution < -0.4 is 16.4 Å². The Hall–Kier alpha value is -1.30. The third-order valence-electron chi connectivity index (χ3n) is 2.59. The van der Waals surface area contributed by atoms with E-state index in [1.54, 1.807) is 18.2 Å². The van der Waals surface area contributed by atoms with Gasteiger partial charge in [-0.2, -0.15) is 0 Å². The molecule has 7 heteroatoms. The number of halogens is 2.